The first-order valence-corrected chi connectivity index (χ1v) is 8.18. The van der Waals surface area contributed by atoms with E-state index in [2.05, 4.69) is 25.6 Å². The minimum absolute atomic E-state index is 0.0459. The molecule has 0 fully saturated rings. The lowest BCUT2D eigenvalue weighted by Gasteiger charge is -2.13. The number of halogens is 2. The van der Waals surface area contributed by atoms with Crippen molar-refractivity contribution in [3.05, 3.63) is 59.5 Å². The third kappa shape index (κ3) is 4.42. The second-order valence-corrected chi connectivity index (χ2v) is 6.14. The Hall–Kier alpha value is -2.73. The number of aromatic nitrogens is 3. The minimum Gasteiger partial charge on any atom is -0.352 e. The number of nitrogens with zero attached hydrogens (tertiary/aromatic N) is 3. The molecule has 0 atom stereocenters. The highest BCUT2D eigenvalue weighted by Gasteiger charge is 2.10. The third-order valence-corrected chi connectivity index (χ3v) is 3.55. The zero-order valence-electron chi connectivity index (χ0n) is 13.8. The van der Waals surface area contributed by atoms with Crippen LogP contribution >= 0.6 is 11.6 Å². The molecule has 3 aromatic rings. The molecule has 1 aromatic carbocycles. The largest absolute Gasteiger partial charge is 0.352 e. The second-order valence-electron chi connectivity index (χ2n) is 5.73. The quantitative estimate of drug-likeness (QED) is 0.680. The van der Waals surface area contributed by atoms with E-state index in [0.29, 0.717) is 23.1 Å². The summed E-state index contributed by atoms with van der Waals surface area (Å²) in [6.07, 6.45) is 1.71. The van der Waals surface area contributed by atoms with Crippen molar-refractivity contribution in [1.82, 2.24) is 15.0 Å². The summed E-state index contributed by atoms with van der Waals surface area (Å²) >= 11 is 5.84. The smallest absolute Gasteiger partial charge is 0.225 e. The Morgan fingerprint density at radius 3 is 2.56 bits per heavy atom. The van der Waals surface area contributed by atoms with E-state index in [1.807, 2.05) is 32.0 Å². The Morgan fingerprint density at radius 1 is 1.04 bits per heavy atom. The van der Waals surface area contributed by atoms with Gasteiger partial charge in [0.2, 0.25) is 5.95 Å². The van der Waals surface area contributed by atoms with Gasteiger partial charge in [-0.15, -0.1) is 0 Å². The lowest BCUT2D eigenvalue weighted by atomic mass is 10.2. The van der Waals surface area contributed by atoms with Crippen LogP contribution in [0.2, 0.25) is 5.02 Å². The maximum absolute atomic E-state index is 13.3. The summed E-state index contributed by atoms with van der Waals surface area (Å²) in [7, 11) is 0. The predicted octanol–water partition coefficient (Wildman–Crippen LogP) is 4.90. The molecule has 2 aromatic heterocycles. The van der Waals surface area contributed by atoms with Crippen LogP contribution < -0.4 is 10.6 Å². The number of benzene rings is 1. The molecular formula is C18H17ClFN5. The van der Waals surface area contributed by atoms with Crippen LogP contribution in [0.15, 0.2) is 48.7 Å². The molecular weight excluding hydrogens is 341 g/mol. The van der Waals surface area contributed by atoms with Gasteiger partial charge in [-0.3, -0.25) is 4.98 Å². The van der Waals surface area contributed by atoms with Gasteiger partial charge in [-0.05, 0) is 44.2 Å². The molecule has 7 heteroatoms. The summed E-state index contributed by atoms with van der Waals surface area (Å²) in [4.78, 5) is 13.3. The standard InChI is InChI=1S/C18H17ClFN5/c1-11(2)22-18-24-16(15-5-3-4-8-21-15)10-17(25-18)23-12-6-7-14(20)13(19)9-12/h3-11H,1-2H3,(H2,22,23,24,25). The molecule has 0 unspecified atom stereocenters. The van der Waals surface area contributed by atoms with Crippen molar-refractivity contribution in [2.45, 2.75) is 19.9 Å². The molecule has 0 aliphatic rings. The van der Waals surface area contributed by atoms with Crippen molar-refractivity contribution in [3.63, 3.8) is 0 Å². The van der Waals surface area contributed by atoms with Crippen LogP contribution in [0, 0.1) is 5.82 Å². The highest BCUT2D eigenvalue weighted by molar-refractivity contribution is 6.31. The topological polar surface area (TPSA) is 62.7 Å². The Labute approximate surface area is 150 Å². The highest BCUT2D eigenvalue weighted by Crippen LogP contribution is 2.25. The van der Waals surface area contributed by atoms with Crippen LogP contribution in [0.25, 0.3) is 11.4 Å². The Kier molecular flexibility index (Phi) is 5.09. The predicted molar refractivity (Wildman–Crippen MR) is 98.7 cm³/mol. The summed E-state index contributed by atoms with van der Waals surface area (Å²) in [5.41, 5.74) is 2.04. The van der Waals surface area contributed by atoms with E-state index in [4.69, 9.17) is 11.6 Å². The fourth-order valence-corrected chi connectivity index (χ4v) is 2.38. The van der Waals surface area contributed by atoms with Gasteiger partial charge in [0.15, 0.2) is 0 Å². The van der Waals surface area contributed by atoms with E-state index < -0.39 is 5.82 Å². The van der Waals surface area contributed by atoms with Crippen LogP contribution in [-0.4, -0.2) is 21.0 Å². The highest BCUT2D eigenvalue weighted by atomic mass is 35.5. The second kappa shape index (κ2) is 7.44. The van der Waals surface area contributed by atoms with Gasteiger partial charge < -0.3 is 10.6 Å². The molecule has 5 nitrogen and oxygen atoms in total. The van der Waals surface area contributed by atoms with E-state index in [-0.39, 0.29) is 11.1 Å². The van der Waals surface area contributed by atoms with Gasteiger partial charge in [-0.2, -0.15) is 4.98 Å². The molecule has 0 amide bonds. The SMILES string of the molecule is CC(C)Nc1nc(Nc2ccc(F)c(Cl)c2)cc(-c2ccccn2)n1. The zero-order chi connectivity index (χ0) is 17.8. The van der Waals surface area contributed by atoms with E-state index in [1.54, 1.807) is 18.3 Å². The lowest BCUT2D eigenvalue weighted by molar-refractivity contribution is 0.628. The van der Waals surface area contributed by atoms with Crippen LogP contribution in [-0.2, 0) is 0 Å². The Balaban J connectivity index is 1.98. The van der Waals surface area contributed by atoms with Crippen molar-refractivity contribution in [3.8, 4) is 11.4 Å². The van der Waals surface area contributed by atoms with Gasteiger partial charge in [0.1, 0.15) is 11.6 Å². The van der Waals surface area contributed by atoms with Crippen molar-refractivity contribution in [2.24, 2.45) is 0 Å². The lowest BCUT2D eigenvalue weighted by Crippen LogP contribution is -2.13. The van der Waals surface area contributed by atoms with E-state index in [0.717, 1.165) is 5.69 Å². The number of hydrogen-bond donors (Lipinski definition) is 2. The minimum atomic E-state index is -0.466. The number of pyridine rings is 1. The van der Waals surface area contributed by atoms with E-state index in [9.17, 15) is 4.39 Å². The summed E-state index contributed by atoms with van der Waals surface area (Å²) in [6.45, 7) is 4.01. The molecule has 2 N–H and O–H groups in total. The van der Waals surface area contributed by atoms with E-state index in [1.165, 1.54) is 12.1 Å². The normalized spacial score (nSPS) is 10.8. The molecule has 0 bridgehead atoms. The number of nitrogens with one attached hydrogen (secondary N) is 2. The van der Waals surface area contributed by atoms with Gasteiger partial charge in [0, 0.05) is 24.0 Å². The first-order chi connectivity index (χ1) is 12.0. The molecule has 0 saturated carbocycles. The average Bonchev–Trinajstić information content (AvgIpc) is 2.58. The maximum atomic E-state index is 13.3. The monoisotopic (exact) mass is 357 g/mol. The summed E-state index contributed by atoms with van der Waals surface area (Å²) < 4.78 is 13.3. The molecule has 0 aliphatic carbocycles. The maximum Gasteiger partial charge on any atom is 0.225 e. The number of rotatable bonds is 5. The van der Waals surface area contributed by atoms with Gasteiger partial charge in [-0.25, -0.2) is 9.37 Å². The molecule has 0 aliphatic heterocycles. The molecule has 25 heavy (non-hydrogen) atoms. The van der Waals surface area contributed by atoms with Gasteiger partial charge >= 0.3 is 0 Å². The average molecular weight is 358 g/mol. The first kappa shape index (κ1) is 17.1. The molecule has 2 heterocycles. The summed E-state index contributed by atoms with van der Waals surface area (Å²) in [5.74, 6) is 0.571. The fourth-order valence-electron chi connectivity index (χ4n) is 2.20. The summed E-state index contributed by atoms with van der Waals surface area (Å²) in [5, 5.41) is 6.36. The molecule has 0 spiro atoms. The Morgan fingerprint density at radius 2 is 1.88 bits per heavy atom. The van der Waals surface area contributed by atoms with Crippen LogP contribution in [0.3, 0.4) is 0 Å². The summed E-state index contributed by atoms with van der Waals surface area (Å²) in [6, 6.07) is 12.0. The molecule has 0 saturated heterocycles. The molecule has 0 radical (unpaired) electrons. The Bertz CT molecular complexity index is 871. The van der Waals surface area contributed by atoms with Crippen LogP contribution in [0.4, 0.5) is 21.8 Å². The van der Waals surface area contributed by atoms with Crippen molar-refractivity contribution in [2.75, 3.05) is 10.6 Å². The molecule has 128 valence electrons. The van der Waals surface area contributed by atoms with Crippen molar-refractivity contribution >= 4 is 29.1 Å². The van der Waals surface area contributed by atoms with Gasteiger partial charge in [-0.1, -0.05) is 17.7 Å². The van der Waals surface area contributed by atoms with E-state index >= 15 is 0 Å². The van der Waals surface area contributed by atoms with Crippen LogP contribution in [0.5, 0.6) is 0 Å². The third-order valence-electron chi connectivity index (χ3n) is 3.26. The zero-order valence-corrected chi connectivity index (χ0v) is 14.5. The number of anilines is 3. The first-order valence-electron chi connectivity index (χ1n) is 7.80. The van der Waals surface area contributed by atoms with Gasteiger partial charge in [0.25, 0.3) is 0 Å². The number of hydrogen-bond acceptors (Lipinski definition) is 5. The van der Waals surface area contributed by atoms with Crippen molar-refractivity contribution in [1.29, 1.82) is 0 Å². The van der Waals surface area contributed by atoms with Crippen LogP contribution in [0.1, 0.15) is 13.8 Å². The fraction of sp³-hybridized carbons (Fsp3) is 0.167. The van der Waals surface area contributed by atoms with Crippen molar-refractivity contribution < 1.29 is 4.39 Å². The van der Waals surface area contributed by atoms with Gasteiger partial charge in [0.05, 0.1) is 16.4 Å². The molecule has 3 rings (SSSR count).